The van der Waals surface area contributed by atoms with Gasteiger partial charge in [0.2, 0.25) is 0 Å². The Hall–Kier alpha value is -2.38. The molecule has 0 radical (unpaired) electrons. The van der Waals surface area contributed by atoms with Crippen LogP contribution >= 0.6 is 0 Å². The Morgan fingerprint density at radius 2 is 2.00 bits per heavy atom. The van der Waals surface area contributed by atoms with Crippen LogP contribution in [0.4, 0.5) is 9.18 Å². The molecule has 0 aliphatic heterocycles. The number of nitrogens with one attached hydrogen (secondary N) is 2. The molecule has 2 atom stereocenters. The Balaban J connectivity index is 1.84. The van der Waals surface area contributed by atoms with Crippen LogP contribution in [-0.4, -0.2) is 43.2 Å². The SMILES string of the molecule is CN(C)C(CNC(=O)NCC(O)c1ccco1)c1cccc(F)c1. The molecule has 0 aliphatic rings. The molecule has 130 valence electrons. The molecule has 2 rings (SSSR count). The number of benzene rings is 1. The minimum atomic E-state index is -0.904. The number of hydrogen-bond donors (Lipinski definition) is 3. The largest absolute Gasteiger partial charge is 0.467 e. The van der Waals surface area contributed by atoms with E-state index in [4.69, 9.17) is 4.42 Å². The van der Waals surface area contributed by atoms with E-state index in [0.29, 0.717) is 12.3 Å². The van der Waals surface area contributed by atoms with Crippen LogP contribution in [-0.2, 0) is 0 Å². The summed E-state index contributed by atoms with van der Waals surface area (Å²) in [5.74, 6) is 0.0756. The first-order valence-electron chi connectivity index (χ1n) is 7.62. The normalized spacial score (nSPS) is 13.5. The summed E-state index contributed by atoms with van der Waals surface area (Å²) < 4.78 is 18.4. The number of carbonyl (C=O) groups is 1. The number of halogens is 1. The standard InChI is InChI=1S/C17H22FN3O3/c1-21(2)14(12-5-3-6-13(18)9-12)10-19-17(23)20-11-15(22)16-7-4-8-24-16/h3-9,14-15,22H,10-11H2,1-2H3,(H2,19,20,23). The molecule has 2 amide bonds. The van der Waals surface area contributed by atoms with Gasteiger partial charge in [0.25, 0.3) is 0 Å². The Morgan fingerprint density at radius 1 is 1.25 bits per heavy atom. The van der Waals surface area contributed by atoms with Crippen molar-refractivity contribution in [2.75, 3.05) is 27.2 Å². The monoisotopic (exact) mass is 335 g/mol. The van der Waals surface area contributed by atoms with Crippen LogP contribution in [0.1, 0.15) is 23.5 Å². The molecule has 0 spiro atoms. The number of carbonyl (C=O) groups excluding carboxylic acids is 1. The fraction of sp³-hybridized carbons (Fsp3) is 0.353. The number of nitrogens with zero attached hydrogens (tertiary/aromatic N) is 1. The van der Waals surface area contributed by atoms with Gasteiger partial charge in [0.05, 0.1) is 18.8 Å². The van der Waals surface area contributed by atoms with Gasteiger partial charge in [-0.15, -0.1) is 0 Å². The lowest BCUT2D eigenvalue weighted by Crippen LogP contribution is -2.41. The van der Waals surface area contributed by atoms with E-state index in [2.05, 4.69) is 10.6 Å². The lowest BCUT2D eigenvalue weighted by molar-refractivity contribution is 0.147. The molecular weight excluding hydrogens is 313 g/mol. The van der Waals surface area contributed by atoms with Crippen molar-refractivity contribution in [1.82, 2.24) is 15.5 Å². The summed E-state index contributed by atoms with van der Waals surface area (Å²) in [6, 6.07) is 9.01. The Bertz CT molecular complexity index is 646. The second kappa shape index (κ2) is 8.47. The summed E-state index contributed by atoms with van der Waals surface area (Å²) in [4.78, 5) is 13.8. The molecule has 3 N–H and O–H groups in total. The lowest BCUT2D eigenvalue weighted by atomic mass is 10.1. The highest BCUT2D eigenvalue weighted by atomic mass is 19.1. The van der Waals surface area contributed by atoms with Gasteiger partial charge < -0.3 is 25.1 Å². The number of likely N-dealkylation sites (N-methyl/N-ethyl adjacent to an activating group) is 1. The summed E-state index contributed by atoms with van der Waals surface area (Å²) in [7, 11) is 3.71. The third kappa shape index (κ3) is 5.07. The number of urea groups is 1. The zero-order chi connectivity index (χ0) is 17.5. The quantitative estimate of drug-likeness (QED) is 0.724. The van der Waals surface area contributed by atoms with Crippen molar-refractivity contribution in [1.29, 1.82) is 0 Å². The van der Waals surface area contributed by atoms with Crippen LogP contribution in [0, 0.1) is 5.82 Å². The van der Waals surface area contributed by atoms with Crippen LogP contribution < -0.4 is 10.6 Å². The van der Waals surface area contributed by atoms with Gasteiger partial charge in [-0.1, -0.05) is 12.1 Å². The van der Waals surface area contributed by atoms with Gasteiger partial charge in [0, 0.05) is 6.54 Å². The molecule has 0 fully saturated rings. The maximum Gasteiger partial charge on any atom is 0.314 e. The Kier molecular flexibility index (Phi) is 6.34. The third-order valence-corrected chi connectivity index (χ3v) is 3.64. The first-order chi connectivity index (χ1) is 11.5. The van der Waals surface area contributed by atoms with Gasteiger partial charge in [0.15, 0.2) is 0 Å². The predicted octanol–water partition coefficient (Wildman–Crippen LogP) is 2.05. The Labute approximate surface area is 140 Å². The maximum atomic E-state index is 13.4. The van der Waals surface area contributed by atoms with Crippen molar-refractivity contribution in [3.8, 4) is 0 Å². The van der Waals surface area contributed by atoms with E-state index in [-0.39, 0.29) is 18.4 Å². The number of furan rings is 1. The second-order valence-electron chi connectivity index (χ2n) is 5.66. The number of amides is 2. The molecule has 7 heteroatoms. The highest BCUT2D eigenvalue weighted by Crippen LogP contribution is 2.18. The van der Waals surface area contributed by atoms with Crippen LogP contribution in [0.25, 0.3) is 0 Å². The average molecular weight is 335 g/mol. The first-order valence-corrected chi connectivity index (χ1v) is 7.62. The van der Waals surface area contributed by atoms with Crippen molar-refractivity contribution in [2.45, 2.75) is 12.1 Å². The fourth-order valence-electron chi connectivity index (χ4n) is 2.34. The molecule has 0 saturated carbocycles. The lowest BCUT2D eigenvalue weighted by Gasteiger charge is -2.25. The zero-order valence-corrected chi connectivity index (χ0v) is 13.7. The van der Waals surface area contributed by atoms with E-state index in [1.807, 2.05) is 25.1 Å². The van der Waals surface area contributed by atoms with E-state index in [1.54, 1.807) is 18.2 Å². The summed E-state index contributed by atoms with van der Waals surface area (Å²) in [5, 5.41) is 15.1. The molecule has 2 unspecified atom stereocenters. The van der Waals surface area contributed by atoms with Crippen molar-refractivity contribution >= 4 is 6.03 Å². The highest BCUT2D eigenvalue weighted by Gasteiger charge is 2.17. The second-order valence-corrected chi connectivity index (χ2v) is 5.66. The summed E-state index contributed by atoms with van der Waals surface area (Å²) >= 11 is 0. The van der Waals surface area contributed by atoms with Crippen molar-refractivity contribution in [3.05, 3.63) is 59.8 Å². The third-order valence-electron chi connectivity index (χ3n) is 3.64. The molecule has 24 heavy (non-hydrogen) atoms. The van der Waals surface area contributed by atoms with Gasteiger partial charge in [-0.3, -0.25) is 0 Å². The summed E-state index contributed by atoms with van der Waals surface area (Å²) in [6.45, 7) is 0.338. The van der Waals surface area contributed by atoms with Crippen LogP contribution in [0.5, 0.6) is 0 Å². The van der Waals surface area contributed by atoms with Crippen LogP contribution in [0.2, 0.25) is 0 Å². The van der Waals surface area contributed by atoms with E-state index in [1.165, 1.54) is 18.4 Å². The molecule has 6 nitrogen and oxygen atoms in total. The topological polar surface area (TPSA) is 77.7 Å². The summed E-state index contributed by atoms with van der Waals surface area (Å²) in [5.41, 5.74) is 0.774. The molecule has 0 saturated heterocycles. The highest BCUT2D eigenvalue weighted by molar-refractivity contribution is 5.73. The van der Waals surface area contributed by atoms with Gasteiger partial charge in [-0.05, 0) is 43.9 Å². The van der Waals surface area contributed by atoms with Crippen molar-refractivity contribution in [2.24, 2.45) is 0 Å². The van der Waals surface area contributed by atoms with Crippen LogP contribution in [0.3, 0.4) is 0 Å². The Morgan fingerprint density at radius 3 is 2.62 bits per heavy atom. The van der Waals surface area contributed by atoms with Gasteiger partial charge in [0.1, 0.15) is 17.7 Å². The van der Waals surface area contributed by atoms with E-state index >= 15 is 0 Å². The number of aliphatic hydroxyl groups excluding tert-OH is 1. The number of aliphatic hydroxyl groups is 1. The zero-order valence-electron chi connectivity index (χ0n) is 13.7. The molecule has 1 heterocycles. The molecule has 0 aliphatic carbocycles. The minimum absolute atomic E-state index is 0.0337. The van der Waals surface area contributed by atoms with Crippen molar-refractivity contribution in [3.63, 3.8) is 0 Å². The molecule has 1 aromatic carbocycles. The molecule has 0 bridgehead atoms. The maximum absolute atomic E-state index is 13.4. The predicted molar refractivity (Wildman–Crippen MR) is 87.9 cm³/mol. The minimum Gasteiger partial charge on any atom is -0.467 e. The average Bonchev–Trinajstić information content (AvgIpc) is 3.07. The fourth-order valence-corrected chi connectivity index (χ4v) is 2.34. The van der Waals surface area contributed by atoms with Crippen molar-refractivity contribution < 1.29 is 18.7 Å². The van der Waals surface area contributed by atoms with E-state index in [9.17, 15) is 14.3 Å². The van der Waals surface area contributed by atoms with E-state index in [0.717, 1.165) is 5.56 Å². The number of hydrogen-bond acceptors (Lipinski definition) is 4. The number of rotatable bonds is 7. The molecule has 1 aromatic heterocycles. The molecule has 2 aromatic rings. The smallest absolute Gasteiger partial charge is 0.314 e. The van der Waals surface area contributed by atoms with Gasteiger partial charge >= 0.3 is 6.03 Å². The first kappa shape index (κ1) is 18.0. The van der Waals surface area contributed by atoms with Crippen LogP contribution in [0.15, 0.2) is 47.1 Å². The van der Waals surface area contributed by atoms with Gasteiger partial charge in [-0.25, -0.2) is 9.18 Å². The van der Waals surface area contributed by atoms with E-state index < -0.39 is 12.1 Å². The summed E-state index contributed by atoms with van der Waals surface area (Å²) in [6.07, 6.45) is 0.554. The van der Waals surface area contributed by atoms with Gasteiger partial charge in [-0.2, -0.15) is 0 Å². The molecular formula is C17H22FN3O3.